The van der Waals surface area contributed by atoms with Crippen LogP contribution in [-0.4, -0.2) is 9.97 Å². The van der Waals surface area contributed by atoms with Crippen molar-refractivity contribution >= 4 is 24.4 Å². The van der Waals surface area contributed by atoms with Gasteiger partial charge < -0.3 is 4.98 Å². The molecule has 0 aromatic carbocycles. The maximum absolute atomic E-state index is 11.3. The van der Waals surface area contributed by atoms with E-state index in [0.29, 0.717) is 4.77 Å². The van der Waals surface area contributed by atoms with Crippen LogP contribution in [0.25, 0.3) is 12.2 Å². The van der Waals surface area contributed by atoms with Gasteiger partial charge in [0.1, 0.15) is 0 Å². The first-order valence-electron chi connectivity index (χ1n) is 3.80. The van der Waals surface area contributed by atoms with Gasteiger partial charge in [0.25, 0.3) is 5.56 Å². The van der Waals surface area contributed by atoms with Crippen molar-refractivity contribution in [1.82, 2.24) is 9.97 Å². The average Bonchev–Trinajstić information content (AvgIpc) is 2.04. The summed E-state index contributed by atoms with van der Waals surface area (Å²) in [4.78, 5) is 16.8. The number of fused-ring (bicyclic) bond motifs is 1. The van der Waals surface area contributed by atoms with Gasteiger partial charge in [-0.1, -0.05) is 12.2 Å². The second-order valence-corrected chi connectivity index (χ2v) is 3.13. The van der Waals surface area contributed by atoms with E-state index in [1.807, 2.05) is 12.2 Å². The van der Waals surface area contributed by atoms with Crippen molar-refractivity contribution in [3.8, 4) is 0 Å². The van der Waals surface area contributed by atoms with Gasteiger partial charge >= 0.3 is 0 Å². The summed E-state index contributed by atoms with van der Waals surface area (Å²) >= 11 is 4.84. The molecule has 1 aromatic rings. The van der Waals surface area contributed by atoms with E-state index in [9.17, 15) is 4.79 Å². The normalized spacial score (nSPS) is 14.3. The van der Waals surface area contributed by atoms with Crippen LogP contribution in [-0.2, 0) is 0 Å². The quantitative estimate of drug-likeness (QED) is 0.543. The van der Waals surface area contributed by atoms with Crippen LogP contribution in [0.15, 0.2) is 4.79 Å². The van der Waals surface area contributed by atoms with Crippen molar-refractivity contribution in [2.45, 2.75) is 12.8 Å². The Morgan fingerprint density at radius 1 is 1.25 bits per heavy atom. The van der Waals surface area contributed by atoms with Gasteiger partial charge in [-0.2, -0.15) is 0 Å². The minimum atomic E-state index is -0.0929. The van der Waals surface area contributed by atoms with Crippen molar-refractivity contribution in [3.05, 3.63) is 25.7 Å². The summed E-state index contributed by atoms with van der Waals surface area (Å²) in [5.74, 6) is 0. The number of hydrogen-bond donors (Lipinski definition) is 2. The topological polar surface area (TPSA) is 48.6 Å². The largest absolute Gasteiger partial charge is 0.332 e. The zero-order chi connectivity index (χ0) is 8.55. The van der Waals surface area contributed by atoms with Crippen LogP contribution < -0.4 is 16.1 Å². The Morgan fingerprint density at radius 3 is 2.83 bits per heavy atom. The molecule has 0 atom stereocenters. The second kappa shape index (κ2) is 2.71. The highest BCUT2D eigenvalue weighted by molar-refractivity contribution is 7.71. The van der Waals surface area contributed by atoms with E-state index in [4.69, 9.17) is 12.2 Å². The lowest BCUT2D eigenvalue weighted by Crippen LogP contribution is -2.43. The third-order valence-electron chi connectivity index (χ3n) is 1.87. The fourth-order valence-electron chi connectivity index (χ4n) is 1.33. The number of aromatic nitrogens is 2. The molecule has 1 aliphatic rings. The maximum atomic E-state index is 11.3. The Balaban J connectivity index is 3.07. The molecule has 62 valence electrons. The highest BCUT2D eigenvalue weighted by Crippen LogP contribution is 1.91. The molecule has 1 heterocycles. The van der Waals surface area contributed by atoms with Crippen LogP contribution in [0.3, 0.4) is 0 Å². The van der Waals surface area contributed by atoms with Crippen LogP contribution in [0.1, 0.15) is 12.8 Å². The minimum Gasteiger partial charge on any atom is -0.332 e. The van der Waals surface area contributed by atoms with Gasteiger partial charge in [-0.25, -0.2) is 0 Å². The molecular formula is C8H8N2OS. The van der Waals surface area contributed by atoms with Gasteiger partial charge in [-0.05, 0) is 25.1 Å². The van der Waals surface area contributed by atoms with E-state index in [1.54, 1.807) is 0 Å². The third kappa shape index (κ3) is 1.14. The number of nitrogens with one attached hydrogen (secondary N) is 2. The Labute approximate surface area is 73.5 Å². The van der Waals surface area contributed by atoms with Gasteiger partial charge in [0.15, 0.2) is 4.77 Å². The van der Waals surface area contributed by atoms with Crippen molar-refractivity contribution in [3.63, 3.8) is 0 Å². The van der Waals surface area contributed by atoms with E-state index in [1.165, 1.54) is 0 Å². The molecule has 0 aliphatic heterocycles. The van der Waals surface area contributed by atoms with Crippen molar-refractivity contribution in [2.75, 3.05) is 0 Å². The highest BCUT2D eigenvalue weighted by atomic mass is 32.1. The van der Waals surface area contributed by atoms with Crippen LogP contribution >= 0.6 is 12.2 Å². The molecule has 1 aliphatic carbocycles. The summed E-state index contributed by atoms with van der Waals surface area (Å²) in [5.41, 5.74) is -0.0929. The zero-order valence-electron chi connectivity index (χ0n) is 6.39. The fraction of sp³-hybridized carbons (Fsp3) is 0.250. The Hall–Kier alpha value is -1.16. The molecule has 1 aromatic heterocycles. The Bertz CT molecular complexity index is 523. The molecule has 3 nitrogen and oxygen atoms in total. The molecular weight excluding hydrogens is 172 g/mol. The van der Waals surface area contributed by atoms with Crippen LogP contribution in [0.4, 0.5) is 0 Å². The van der Waals surface area contributed by atoms with Crippen molar-refractivity contribution < 1.29 is 0 Å². The predicted octanol–water partition coefficient (Wildman–Crippen LogP) is -0.213. The molecule has 4 heteroatoms. The summed E-state index contributed by atoms with van der Waals surface area (Å²) in [6.07, 6.45) is 5.84. The average molecular weight is 180 g/mol. The molecule has 0 saturated heterocycles. The minimum absolute atomic E-state index is 0.0929. The van der Waals surface area contributed by atoms with Gasteiger partial charge in [0.2, 0.25) is 0 Å². The lowest BCUT2D eigenvalue weighted by Gasteiger charge is -1.97. The van der Waals surface area contributed by atoms with Gasteiger partial charge in [-0.3, -0.25) is 9.78 Å². The third-order valence-corrected chi connectivity index (χ3v) is 2.08. The maximum Gasteiger partial charge on any atom is 0.259 e. The highest BCUT2D eigenvalue weighted by Gasteiger charge is 1.96. The second-order valence-electron chi connectivity index (χ2n) is 2.72. The van der Waals surface area contributed by atoms with Crippen LogP contribution in [0.5, 0.6) is 0 Å². The number of H-pyrrole nitrogens is 2. The first-order valence-corrected chi connectivity index (χ1v) is 4.21. The molecule has 0 unspecified atom stereocenters. The number of hydrogen-bond acceptors (Lipinski definition) is 2. The van der Waals surface area contributed by atoms with E-state index < -0.39 is 0 Å². The molecule has 2 N–H and O–H groups in total. The summed E-state index contributed by atoms with van der Waals surface area (Å²) in [6.45, 7) is 0. The van der Waals surface area contributed by atoms with Gasteiger partial charge in [0, 0.05) is 5.35 Å². The zero-order valence-corrected chi connectivity index (χ0v) is 7.20. The SMILES string of the molecule is O=c1[nH]c(=S)[nH]c2c1=CCCC=2. The molecule has 0 spiro atoms. The fourth-order valence-corrected chi connectivity index (χ4v) is 1.54. The predicted molar refractivity (Wildman–Crippen MR) is 49.7 cm³/mol. The first-order chi connectivity index (χ1) is 5.77. The summed E-state index contributed by atoms with van der Waals surface area (Å²) < 4.78 is 0.394. The standard InChI is InChI=1S/C8H8N2OS/c11-7-5-3-1-2-4-6(5)9-8(12)10-7/h3-4H,1-2H2,(H2,9,10,11,12). The van der Waals surface area contributed by atoms with E-state index in [-0.39, 0.29) is 5.56 Å². The summed E-state index contributed by atoms with van der Waals surface area (Å²) in [6, 6.07) is 0. The number of rotatable bonds is 0. The smallest absolute Gasteiger partial charge is 0.259 e. The van der Waals surface area contributed by atoms with Crippen molar-refractivity contribution in [1.29, 1.82) is 0 Å². The van der Waals surface area contributed by atoms with E-state index >= 15 is 0 Å². The van der Waals surface area contributed by atoms with E-state index in [2.05, 4.69) is 9.97 Å². The summed E-state index contributed by atoms with van der Waals surface area (Å²) in [5, 5.41) is 1.57. The monoisotopic (exact) mass is 180 g/mol. The molecule has 0 saturated carbocycles. The van der Waals surface area contributed by atoms with Gasteiger partial charge in [-0.15, -0.1) is 0 Å². The van der Waals surface area contributed by atoms with E-state index in [0.717, 1.165) is 23.4 Å². The molecule has 0 fully saturated rings. The lowest BCUT2D eigenvalue weighted by atomic mass is 10.2. The molecule has 2 rings (SSSR count). The van der Waals surface area contributed by atoms with Gasteiger partial charge in [0.05, 0.1) is 5.22 Å². The Morgan fingerprint density at radius 2 is 2.00 bits per heavy atom. The molecule has 0 amide bonds. The lowest BCUT2D eigenvalue weighted by molar-refractivity contribution is 0.988. The molecule has 0 radical (unpaired) electrons. The molecule has 12 heavy (non-hydrogen) atoms. The number of aromatic amines is 2. The Kier molecular flexibility index (Phi) is 1.69. The molecule has 0 bridgehead atoms. The van der Waals surface area contributed by atoms with Crippen LogP contribution in [0, 0.1) is 4.77 Å². The van der Waals surface area contributed by atoms with Crippen molar-refractivity contribution in [2.24, 2.45) is 0 Å². The summed E-state index contributed by atoms with van der Waals surface area (Å²) in [7, 11) is 0. The van der Waals surface area contributed by atoms with Crippen LogP contribution in [0.2, 0.25) is 0 Å². The first kappa shape index (κ1) is 7.49.